The van der Waals surface area contributed by atoms with Crippen molar-refractivity contribution >= 4 is 26.8 Å². The zero-order valence-corrected chi connectivity index (χ0v) is 9.85. The van der Waals surface area contributed by atoms with Crippen LogP contribution in [0.4, 0.5) is 0 Å². The van der Waals surface area contributed by atoms with E-state index < -0.39 is 0 Å². The van der Waals surface area contributed by atoms with Gasteiger partial charge in [-0.2, -0.15) is 0 Å². The van der Waals surface area contributed by atoms with E-state index in [9.17, 15) is 0 Å². The first-order valence-corrected chi connectivity index (χ1v) is 5.42. The number of rotatable bonds is 1. The molecule has 0 saturated heterocycles. The summed E-state index contributed by atoms with van der Waals surface area (Å²) in [4.78, 5) is 3.35. The molecule has 3 N–H and O–H groups in total. The van der Waals surface area contributed by atoms with Gasteiger partial charge in [0.25, 0.3) is 0 Å². The number of nitrogens with one attached hydrogen (secondary N) is 1. The summed E-state index contributed by atoms with van der Waals surface area (Å²) in [5.41, 5.74) is 9.39. The highest BCUT2D eigenvalue weighted by Crippen LogP contribution is 2.27. The van der Waals surface area contributed by atoms with E-state index in [0.717, 1.165) is 15.7 Å². The predicted molar refractivity (Wildman–Crippen MR) is 63.3 cm³/mol. The zero-order chi connectivity index (χ0) is 10.3. The standard InChI is InChI=1S/C11H13BrN2/c1-6-9-4-3-8(12)5-10(9)14-11(6)7(2)13/h3-5,7,14H,13H2,1-2H3. The summed E-state index contributed by atoms with van der Waals surface area (Å²) in [7, 11) is 0. The Morgan fingerprint density at radius 1 is 1.43 bits per heavy atom. The Morgan fingerprint density at radius 2 is 2.14 bits per heavy atom. The Hall–Kier alpha value is -0.800. The topological polar surface area (TPSA) is 41.8 Å². The minimum Gasteiger partial charge on any atom is -0.357 e. The Kier molecular flexibility index (Phi) is 2.37. The molecular formula is C11H13BrN2. The molecule has 2 nitrogen and oxygen atoms in total. The fourth-order valence-corrected chi connectivity index (χ4v) is 2.15. The molecule has 1 unspecified atom stereocenters. The van der Waals surface area contributed by atoms with E-state index in [-0.39, 0.29) is 6.04 Å². The van der Waals surface area contributed by atoms with E-state index in [0.29, 0.717) is 0 Å². The Balaban J connectivity index is 2.73. The average molecular weight is 253 g/mol. The lowest BCUT2D eigenvalue weighted by Gasteiger charge is -2.02. The van der Waals surface area contributed by atoms with Gasteiger partial charge in [0.2, 0.25) is 0 Å². The Bertz CT molecular complexity index is 471. The van der Waals surface area contributed by atoms with Gasteiger partial charge in [0, 0.05) is 27.1 Å². The van der Waals surface area contributed by atoms with Gasteiger partial charge in [0.15, 0.2) is 0 Å². The molecule has 0 fully saturated rings. The number of aromatic amines is 1. The van der Waals surface area contributed by atoms with Gasteiger partial charge in [-0.25, -0.2) is 0 Å². The first kappa shape index (κ1) is 9.74. The van der Waals surface area contributed by atoms with Crippen LogP contribution < -0.4 is 5.73 Å². The molecule has 1 aromatic heterocycles. The second kappa shape index (κ2) is 3.41. The first-order chi connectivity index (χ1) is 6.59. The van der Waals surface area contributed by atoms with E-state index in [1.807, 2.05) is 13.0 Å². The maximum atomic E-state index is 5.87. The molecule has 0 bridgehead atoms. The molecule has 0 spiro atoms. The molecule has 1 aromatic carbocycles. The molecular weight excluding hydrogens is 240 g/mol. The minimum absolute atomic E-state index is 0.0566. The van der Waals surface area contributed by atoms with Crippen molar-refractivity contribution in [2.45, 2.75) is 19.9 Å². The van der Waals surface area contributed by atoms with Gasteiger partial charge in [-0.1, -0.05) is 22.0 Å². The molecule has 3 heteroatoms. The van der Waals surface area contributed by atoms with E-state index >= 15 is 0 Å². The minimum atomic E-state index is 0.0566. The molecule has 2 aromatic rings. The highest BCUT2D eigenvalue weighted by atomic mass is 79.9. The van der Waals surface area contributed by atoms with Crippen LogP contribution in [0.3, 0.4) is 0 Å². The molecule has 0 saturated carbocycles. The number of aryl methyl sites for hydroxylation is 1. The van der Waals surface area contributed by atoms with Gasteiger partial charge >= 0.3 is 0 Å². The highest BCUT2D eigenvalue weighted by Gasteiger charge is 2.10. The van der Waals surface area contributed by atoms with Gasteiger partial charge in [0.1, 0.15) is 0 Å². The summed E-state index contributed by atoms with van der Waals surface area (Å²) in [6.45, 7) is 4.10. The number of hydrogen-bond donors (Lipinski definition) is 2. The lowest BCUT2D eigenvalue weighted by molar-refractivity contribution is 0.785. The van der Waals surface area contributed by atoms with Crippen LogP contribution in [-0.4, -0.2) is 4.98 Å². The van der Waals surface area contributed by atoms with Gasteiger partial charge < -0.3 is 10.7 Å². The fraction of sp³-hybridized carbons (Fsp3) is 0.273. The van der Waals surface area contributed by atoms with Crippen LogP contribution in [0, 0.1) is 6.92 Å². The Morgan fingerprint density at radius 3 is 2.79 bits per heavy atom. The maximum absolute atomic E-state index is 5.87. The summed E-state index contributed by atoms with van der Waals surface area (Å²) >= 11 is 3.45. The fourth-order valence-electron chi connectivity index (χ4n) is 1.79. The van der Waals surface area contributed by atoms with Crippen LogP contribution in [0.25, 0.3) is 10.9 Å². The van der Waals surface area contributed by atoms with Crippen molar-refractivity contribution in [3.8, 4) is 0 Å². The summed E-state index contributed by atoms with van der Waals surface area (Å²) in [6, 6.07) is 6.29. The molecule has 0 aliphatic heterocycles. The monoisotopic (exact) mass is 252 g/mol. The first-order valence-electron chi connectivity index (χ1n) is 4.63. The smallest absolute Gasteiger partial charge is 0.0470 e. The van der Waals surface area contributed by atoms with Crippen LogP contribution in [0.2, 0.25) is 0 Å². The molecule has 0 amide bonds. The van der Waals surface area contributed by atoms with E-state index in [1.165, 1.54) is 10.9 Å². The third kappa shape index (κ3) is 1.47. The normalized spacial score (nSPS) is 13.4. The molecule has 0 aliphatic rings. The van der Waals surface area contributed by atoms with Crippen LogP contribution >= 0.6 is 15.9 Å². The lowest BCUT2D eigenvalue weighted by Crippen LogP contribution is -2.06. The van der Waals surface area contributed by atoms with Crippen LogP contribution in [0.5, 0.6) is 0 Å². The van der Waals surface area contributed by atoms with Crippen LogP contribution in [-0.2, 0) is 0 Å². The number of H-pyrrole nitrogens is 1. The molecule has 0 radical (unpaired) electrons. The van der Waals surface area contributed by atoms with Crippen molar-refractivity contribution in [2.24, 2.45) is 5.73 Å². The van der Waals surface area contributed by atoms with Crippen molar-refractivity contribution in [1.29, 1.82) is 0 Å². The second-order valence-electron chi connectivity index (χ2n) is 3.64. The van der Waals surface area contributed by atoms with Crippen LogP contribution in [0.15, 0.2) is 22.7 Å². The van der Waals surface area contributed by atoms with Gasteiger partial charge in [-0.05, 0) is 31.5 Å². The van der Waals surface area contributed by atoms with E-state index in [1.54, 1.807) is 0 Å². The third-order valence-corrected chi connectivity index (χ3v) is 3.01. The summed E-state index contributed by atoms with van der Waals surface area (Å²) in [5, 5.41) is 1.25. The van der Waals surface area contributed by atoms with Crippen molar-refractivity contribution in [1.82, 2.24) is 4.98 Å². The number of hydrogen-bond acceptors (Lipinski definition) is 1. The molecule has 1 heterocycles. The van der Waals surface area contributed by atoms with Gasteiger partial charge in [-0.15, -0.1) is 0 Å². The predicted octanol–water partition coefficient (Wildman–Crippen LogP) is 3.26. The number of nitrogens with two attached hydrogens (primary N) is 1. The van der Waals surface area contributed by atoms with Gasteiger partial charge in [0.05, 0.1) is 0 Å². The second-order valence-corrected chi connectivity index (χ2v) is 4.56. The summed E-state index contributed by atoms with van der Waals surface area (Å²) in [6.07, 6.45) is 0. The lowest BCUT2D eigenvalue weighted by atomic mass is 10.1. The van der Waals surface area contributed by atoms with Gasteiger partial charge in [-0.3, -0.25) is 0 Å². The maximum Gasteiger partial charge on any atom is 0.0470 e. The molecule has 14 heavy (non-hydrogen) atoms. The highest BCUT2D eigenvalue weighted by molar-refractivity contribution is 9.10. The quantitative estimate of drug-likeness (QED) is 0.804. The largest absolute Gasteiger partial charge is 0.357 e. The van der Waals surface area contributed by atoms with Crippen molar-refractivity contribution in [3.63, 3.8) is 0 Å². The van der Waals surface area contributed by atoms with Crippen molar-refractivity contribution in [3.05, 3.63) is 33.9 Å². The van der Waals surface area contributed by atoms with Crippen molar-refractivity contribution < 1.29 is 0 Å². The molecule has 1 atom stereocenters. The van der Waals surface area contributed by atoms with E-state index in [4.69, 9.17) is 5.73 Å². The third-order valence-electron chi connectivity index (χ3n) is 2.51. The zero-order valence-electron chi connectivity index (χ0n) is 8.26. The SMILES string of the molecule is Cc1c(C(C)N)[nH]c2cc(Br)ccc12. The number of aromatic nitrogens is 1. The molecule has 0 aliphatic carbocycles. The molecule has 74 valence electrons. The summed E-state index contributed by atoms with van der Waals surface area (Å²) < 4.78 is 1.09. The average Bonchev–Trinajstić information content (AvgIpc) is 2.43. The summed E-state index contributed by atoms with van der Waals surface area (Å²) in [5.74, 6) is 0. The number of benzene rings is 1. The molecule has 2 rings (SSSR count). The van der Waals surface area contributed by atoms with Crippen molar-refractivity contribution in [2.75, 3.05) is 0 Å². The Labute approximate surface area is 91.6 Å². The van der Waals surface area contributed by atoms with E-state index in [2.05, 4.69) is 40.0 Å². The number of halogens is 1. The number of fused-ring (bicyclic) bond motifs is 1. The van der Waals surface area contributed by atoms with Crippen LogP contribution in [0.1, 0.15) is 24.2 Å².